The van der Waals surface area contributed by atoms with Crippen LogP contribution in [0.5, 0.6) is 0 Å². The summed E-state index contributed by atoms with van der Waals surface area (Å²) >= 11 is 0. The highest BCUT2D eigenvalue weighted by atomic mass is 19.1. The van der Waals surface area contributed by atoms with Gasteiger partial charge in [0, 0.05) is 19.6 Å². The second kappa shape index (κ2) is 6.50. The van der Waals surface area contributed by atoms with Gasteiger partial charge in [0.25, 0.3) is 0 Å². The van der Waals surface area contributed by atoms with Crippen LogP contribution in [0.25, 0.3) is 0 Å². The number of hydrogen-bond donors (Lipinski definition) is 1. The lowest BCUT2D eigenvalue weighted by Gasteiger charge is -2.10. The fourth-order valence-electron chi connectivity index (χ4n) is 2.03. The fraction of sp³-hybridized carbons (Fsp3) is 0.500. The Morgan fingerprint density at radius 1 is 1.39 bits per heavy atom. The van der Waals surface area contributed by atoms with Crippen LogP contribution in [0.15, 0.2) is 24.3 Å². The molecule has 1 amide bonds. The Morgan fingerprint density at radius 3 is 2.83 bits per heavy atom. The molecule has 1 N–H and O–H groups in total. The second-order valence-corrected chi connectivity index (χ2v) is 4.57. The molecule has 1 atom stereocenters. The van der Waals surface area contributed by atoms with E-state index in [-0.39, 0.29) is 17.8 Å². The van der Waals surface area contributed by atoms with Crippen molar-refractivity contribution in [2.75, 3.05) is 13.2 Å². The predicted octanol–water partition coefficient (Wildman–Crippen LogP) is 2.05. The van der Waals surface area contributed by atoms with Crippen LogP contribution in [-0.2, 0) is 16.0 Å². The maximum Gasteiger partial charge on any atom is 0.220 e. The molecule has 1 heterocycles. The third-order valence-electron chi connectivity index (χ3n) is 3.10. The van der Waals surface area contributed by atoms with Gasteiger partial charge in [-0.2, -0.15) is 0 Å². The standard InChI is InChI=1S/C14H18FNO2/c15-12-6-3-11(4-7-12)5-8-14(17)16-10-13-2-1-9-18-13/h3-4,6-7,13H,1-2,5,8-10H2,(H,16,17)/t13-/m1/s1. The van der Waals surface area contributed by atoms with Gasteiger partial charge in [-0.3, -0.25) is 4.79 Å². The van der Waals surface area contributed by atoms with Crippen molar-refractivity contribution in [3.8, 4) is 0 Å². The first-order valence-corrected chi connectivity index (χ1v) is 6.37. The number of carbonyl (C=O) groups is 1. The molecule has 0 radical (unpaired) electrons. The van der Waals surface area contributed by atoms with Crippen LogP contribution in [0.2, 0.25) is 0 Å². The van der Waals surface area contributed by atoms with E-state index in [1.165, 1.54) is 12.1 Å². The van der Waals surface area contributed by atoms with Gasteiger partial charge in [-0.15, -0.1) is 0 Å². The maximum atomic E-state index is 12.7. The van der Waals surface area contributed by atoms with E-state index in [4.69, 9.17) is 4.74 Å². The first kappa shape index (κ1) is 13.0. The van der Waals surface area contributed by atoms with E-state index in [1.807, 2.05) is 0 Å². The third-order valence-corrected chi connectivity index (χ3v) is 3.10. The van der Waals surface area contributed by atoms with Crippen LogP contribution in [0.1, 0.15) is 24.8 Å². The van der Waals surface area contributed by atoms with Gasteiger partial charge in [-0.25, -0.2) is 4.39 Å². The smallest absolute Gasteiger partial charge is 0.220 e. The highest BCUT2D eigenvalue weighted by Crippen LogP contribution is 2.10. The quantitative estimate of drug-likeness (QED) is 0.869. The third kappa shape index (κ3) is 4.11. The van der Waals surface area contributed by atoms with Gasteiger partial charge in [-0.1, -0.05) is 12.1 Å². The lowest BCUT2D eigenvalue weighted by atomic mass is 10.1. The summed E-state index contributed by atoms with van der Waals surface area (Å²) in [4.78, 5) is 11.6. The van der Waals surface area contributed by atoms with E-state index < -0.39 is 0 Å². The summed E-state index contributed by atoms with van der Waals surface area (Å²) in [5.41, 5.74) is 0.976. The summed E-state index contributed by atoms with van der Waals surface area (Å²) in [7, 11) is 0. The molecule has 1 aromatic carbocycles. The normalized spacial score (nSPS) is 18.8. The minimum atomic E-state index is -0.249. The van der Waals surface area contributed by atoms with Crippen LogP contribution < -0.4 is 5.32 Å². The molecular weight excluding hydrogens is 233 g/mol. The molecular formula is C14H18FNO2. The molecule has 0 aliphatic carbocycles. The van der Waals surface area contributed by atoms with Crippen molar-refractivity contribution < 1.29 is 13.9 Å². The number of aryl methyl sites for hydroxylation is 1. The molecule has 1 aliphatic heterocycles. The fourth-order valence-corrected chi connectivity index (χ4v) is 2.03. The van der Waals surface area contributed by atoms with Gasteiger partial charge in [-0.05, 0) is 37.0 Å². The number of ether oxygens (including phenoxy) is 1. The summed E-state index contributed by atoms with van der Waals surface area (Å²) in [5, 5.41) is 2.87. The average Bonchev–Trinajstić information content (AvgIpc) is 2.89. The summed E-state index contributed by atoms with van der Waals surface area (Å²) in [6.07, 6.45) is 3.35. The van der Waals surface area contributed by atoms with E-state index >= 15 is 0 Å². The topological polar surface area (TPSA) is 38.3 Å². The first-order valence-electron chi connectivity index (χ1n) is 6.37. The van der Waals surface area contributed by atoms with Crippen LogP contribution >= 0.6 is 0 Å². The maximum absolute atomic E-state index is 12.7. The van der Waals surface area contributed by atoms with Gasteiger partial charge in [0.15, 0.2) is 0 Å². The highest BCUT2D eigenvalue weighted by Gasteiger charge is 2.15. The zero-order valence-corrected chi connectivity index (χ0v) is 10.3. The largest absolute Gasteiger partial charge is 0.376 e. The second-order valence-electron chi connectivity index (χ2n) is 4.57. The number of carbonyl (C=O) groups excluding carboxylic acids is 1. The van der Waals surface area contributed by atoms with Crippen molar-refractivity contribution in [2.45, 2.75) is 31.8 Å². The van der Waals surface area contributed by atoms with Gasteiger partial charge in [0.05, 0.1) is 6.10 Å². The van der Waals surface area contributed by atoms with Gasteiger partial charge >= 0.3 is 0 Å². The number of amides is 1. The highest BCUT2D eigenvalue weighted by molar-refractivity contribution is 5.76. The van der Waals surface area contributed by atoms with Crippen molar-refractivity contribution >= 4 is 5.91 Å². The summed E-state index contributed by atoms with van der Waals surface area (Å²) in [6.45, 7) is 1.40. The molecule has 3 nitrogen and oxygen atoms in total. The molecule has 0 spiro atoms. The molecule has 1 aliphatic rings. The van der Waals surface area contributed by atoms with E-state index in [1.54, 1.807) is 12.1 Å². The molecule has 1 fully saturated rings. The van der Waals surface area contributed by atoms with E-state index in [0.717, 1.165) is 25.0 Å². The van der Waals surface area contributed by atoms with Crippen LogP contribution in [0, 0.1) is 5.82 Å². The van der Waals surface area contributed by atoms with Crippen molar-refractivity contribution in [1.82, 2.24) is 5.32 Å². The summed E-state index contributed by atoms with van der Waals surface area (Å²) in [6, 6.07) is 6.25. The number of rotatable bonds is 5. The molecule has 98 valence electrons. The van der Waals surface area contributed by atoms with E-state index in [0.29, 0.717) is 19.4 Å². The van der Waals surface area contributed by atoms with Gasteiger partial charge in [0.2, 0.25) is 5.91 Å². The Morgan fingerprint density at radius 2 is 2.17 bits per heavy atom. The van der Waals surface area contributed by atoms with Crippen molar-refractivity contribution in [2.24, 2.45) is 0 Å². The van der Waals surface area contributed by atoms with Crippen LogP contribution in [-0.4, -0.2) is 25.2 Å². The Kier molecular flexibility index (Phi) is 4.70. The number of hydrogen-bond acceptors (Lipinski definition) is 2. The van der Waals surface area contributed by atoms with Crippen LogP contribution in [0.3, 0.4) is 0 Å². The Bertz CT molecular complexity index is 385. The lowest BCUT2D eigenvalue weighted by Crippen LogP contribution is -2.31. The molecule has 0 saturated carbocycles. The van der Waals surface area contributed by atoms with E-state index in [9.17, 15) is 9.18 Å². The molecule has 1 saturated heterocycles. The molecule has 4 heteroatoms. The minimum absolute atomic E-state index is 0.0230. The molecule has 1 aromatic rings. The predicted molar refractivity (Wildman–Crippen MR) is 66.7 cm³/mol. The monoisotopic (exact) mass is 251 g/mol. The van der Waals surface area contributed by atoms with Crippen LogP contribution in [0.4, 0.5) is 4.39 Å². The SMILES string of the molecule is O=C(CCc1ccc(F)cc1)NC[C@H]1CCCO1. The number of halogens is 1. The zero-order chi connectivity index (χ0) is 12.8. The minimum Gasteiger partial charge on any atom is -0.376 e. The van der Waals surface area contributed by atoms with Gasteiger partial charge in [0.1, 0.15) is 5.82 Å². The van der Waals surface area contributed by atoms with Crippen molar-refractivity contribution in [3.63, 3.8) is 0 Å². The van der Waals surface area contributed by atoms with Crippen molar-refractivity contribution in [1.29, 1.82) is 0 Å². The average molecular weight is 251 g/mol. The molecule has 0 bridgehead atoms. The Hall–Kier alpha value is -1.42. The number of benzene rings is 1. The zero-order valence-electron chi connectivity index (χ0n) is 10.3. The summed E-state index contributed by atoms with van der Waals surface area (Å²) in [5.74, 6) is -0.226. The summed E-state index contributed by atoms with van der Waals surface area (Å²) < 4.78 is 18.1. The Balaban J connectivity index is 1.66. The van der Waals surface area contributed by atoms with Crippen molar-refractivity contribution in [3.05, 3.63) is 35.6 Å². The first-order chi connectivity index (χ1) is 8.74. The molecule has 18 heavy (non-hydrogen) atoms. The Labute approximate surface area is 106 Å². The lowest BCUT2D eigenvalue weighted by molar-refractivity contribution is -0.121. The van der Waals surface area contributed by atoms with Gasteiger partial charge < -0.3 is 10.1 Å². The molecule has 0 unspecified atom stereocenters. The van der Waals surface area contributed by atoms with E-state index in [2.05, 4.69) is 5.32 Å². The molecule has 2 rings (SSSR count). The molecule has 0 aromatic heterocycles. The number of nitrogens with one attached hydrogen (secondary N) is 1.